The van der Waals surface area contributed by atoms with Gasteiger partial charge in [-0.15, -0.1) is 0 Å². The van der Waals surface area contributed by atoms with Crippen molar-refractivity contribution in [3.05, 3.63) is 83.7 Å². The van der Waals surface area contributed by atoms with E-state index in [4.69, 9.17) is 0 Å². The van der Waals surface area contributed by atoms with Crippen LogP contribution in [0.3, 0.4) is 0 Å². The van der Waals surface area contributed by atoms with E-state index in [2.05, 4.69) is 10.6 Å². The zero-order chi connectivity index (χ0) is 31.1. The first kappa shape index (κ1) is 31.7. The second-order valence-corrected chi connectivity index (χ2v) is 11.5. The van der Waals surface area contributed by atoms with Crippen LogP contribution in [0.25, 0.3) is 10.8 Å². The first-order valence-corrected chi connectivity index (χ1v) is 15.0. The van der Waals surface area contributed by atoms with Crippen molar-refractivity contribution in [3.8, 4) is 0 Å². The summed E-state index contributed by atoms with van der Waals surface area (Å²) in [5.74, 6) is -1.66. The molecule has 4 rings (SSSR count). The molecular weight excluding hydrogens is 547 g/mol. The minimum atomic E-state index is -0.917. The molecule has 3 aromatic carbocycles. The van der Waals surface area contributed by atoms with E-state index >= 15 is 0 Å². The molecule has 3 atom stereocenters. The predicted octanol–water partition coefficient (Wildman–Crippen LogP) is 4.00. The lowest BCUT2D eigenvalue weighted by atomic mass is 9.96. The van der Waals surface area contributed by atoms with Gasteiger partial charge in [0.2, 0.25) is 23.6 Å². The van der Waals surface area contributed by atoms with E-state index in [-0.39, 0.29) is 49.2 Å². The number of halogens is 1. The Balaban J connectivity index is 1.60. The number of amides is 4. The van der Waals surface area contributed by atoms with Gasteiger partial charge in [0.05, 0.1) is 0 Å². The van der Waals surface area contributed by atoms with Crippen molar-refractivity contribution in [1.29, 1.82) is 0 Å². The summed E-state index contributed by atoms with van der Waals surface area (Å²) in [7, 11) is 0. The molecule has 1 fully saturated rings. The third kappa shape index (κ3) is 7.97. The van der Waals surface area contributed by atoms with E-state index in [0.717, 1.165) is 16.3 Å². The minimum Gasteiger partial charge on any atom is -0.352 e. The number of carbonyl (C=O) groups excluding carboxylic acids is 4. The summed E-state index contributed by atoms with van der Waals surface area (Å²) in [6, 6.07) is 17.3. The van der Waals surface area contributed by atoms with Gasteiger partial charge in [0, 0.05) is 38.9 Å². The summed E-state index contributed by atoms with van der Waals surface area (Å²) < 4.78 is 13.5. The number of nitrogens with one attached hydrogen (secondary N) is 2. The van der Waals surface area contributed by atoms with E-state index in [1.54, 1.807) is 21.9 Å². The molecule has 0 unspecified atom stereocenters. The van der Waals surface area contributed by atoms with Crippen LogP contribution in [0.4, 0.5) is 4.39 Å². The van der Waals surface area contributed by atoms with Gasteiger partial charge in [-0.1, -0.05) is 67.9 Å². The number of benzene rings is 3. The second kappa shape index (κ2) is 14.3. The van der Waals surface area contributed by atoms with Crippen molar-refractivity contribution in [2.75, 3.05) is 13.1 Å². The summed E-state index contributed by atoms with van der Waals surface area (Å²) in [6.07, 6.45) is 1.55. The molecule has 0 aliphatic carbocycles. The Morgan fingerprint density at radius 2 is 1.58 bits per heavy atom. The molecule has 0 spiro atoms. The molecule has 1 aliphatic heterocycles. The summed E-state index contributed by atoms with van der Waals surface area (Å²) in [4.78, 5) is 56.8. The molecule has 0 radical (unpaired) electrons. The molecule has 1 heterocycles. The van der Waals surface area contributed by atoms with Crippen molar-refractivity contribution in [2.24, 2.45) is 0 Å². The van der Waals surface area contributed by atoms with Crippen molar-refractivity contribution < 1.29 is 23.6 Å². The average Bonchev–Trinajstić information content (AvgIpc) is 2.97. The van der Waals surface area contributed by atoms with Crippen LogP contribution in [0.1, 0.15) is 51.7 Å². The monoisotopic (exact) mass is 588 g/mol. The molecule has 1 saturated heterocycles. The highest BCUT2D eigenvalue weighted by Gasteiger charge is 2.43. The Morgan fingerprint density at radius 3 is 2.23 bits per heavy atom. The Hall–Kier alpha value is -4.27. The maximum atomic E-state index is 14.1. The van der Waals surface area contributed by atoms with Gasteiger partial charge >= 0.3 is 0 Å². The first-order valence-electron chi connectivity index (χ1n) is 15.0. The fourth-order valence-corrected chi connectivity index (χ4v) is 5.75. The fourth-order valence-electron chi connectivity index (χ4n) is 5.75. The summed E-state index contributed by atoms with van der Waals surface area (Å²) >= 11 is 0. The minimum absolute atomic E-state index is 0.110. The van der Waals surface area contributed by atoms with Gasteiger partial charge in [-0.3, -0.25) is 19.2 Å². The standard InChI is InChI=1S/C34H41FN4O4/c1-5-8-30-34(43)39(18-17-38(30)33(42)29(37-23(4)40)20-24-12-15-28(35)16-13-24)31(32(41)36-22(2)3)21-25-11-14-26-9-6-7-10-27(26)19-25/h6-7,9-16,19,22,29-31H,5,8,17-18,20-21H2,1-4H3,(H,36,41)(H,37,40)/t29-,30+,31+/m1/s1. The van der Waals surface area contributed by atoms with E-state index in [9.17, 15) is 23.6 Å². The Bertz CT molecular complexity index is 1460. The van der Waals surface area contributed by atoms with Crippen LogP contribution in [0.15, 0.2) is 66.7 Å². The van der Waals surface area contributed by atoms with Crippen LogP contribution in [0.2, 0.25) is 0 Å². The molecule has 43 heavy (non-hydrogen) atoms. The van der Waals surface area contributed by atoms with E-state index in [1.165, 1.54) is 19.1 Å². The number of nitrogens with zero attached hydrogens (tertiary/aromatic N) is 2. The Morgan fingerprint density at radius 1 is 0.907 bits per heavy atom. The number of hydrogen-bond acceptors (Lipinski definition) is 4. The van der Waals surface area contributed by atoms with E-state index in [1.807, 2.05) is 63.2 Å². The molecule has 2 N–H and O–H groups in total. The lowest BCUT2D eigenvalue weighted by molar-refractivity contribution is -0.157. The summed E-state index contributed by atoms with van der Waals surface area (Å²) in [5, 5.41) is 7.86. The number of fused-ring (bicyclic) bond motifs is 1. The Kier molecular flexibility index (Phi) is 10.5. The molecular formula is C34H41FN4O4. The number of carbonyl (C=O) groups is 4. The molecule has 1 aliphatic rings. The Labute approximate surface area is 252 Å². The lowest BCUT2D eigenvalue weighted by Crippen LogP contribution is -2.66. The summed E-state index contributed by atoms with van der Waals surface area (Å²) in [5.41, 5.74) is 1.62. The SMILES string of the molecule is CCC[C@H]1C(=O)N([C@@H](Cc2ccc3ccccc3c2)C(=O)NC(C)C)CCN1C(=O)[C@@H](Cc1ccc(F)cc1)NC(C)=O. The van der Waals surface area contributed by atoms with Crippen LogP contribution in [0, 0.1) is 5.82 Å². The summed E-state index contributed by atoms with van der Waals surface area (Å²) in [6.45, 7) is 7.44. The second-order valence-electron chi connectivity index (χ2n) is 11.5. The molecule has 9 heteroatoms. The van der Waals surface area contributed by atoms with E-state index in [0.29, 0.717) is 24.8 Å². The molecule has 0 bridgehead atoms. The normalized spacial score (nSPS) is 16.7. The van der Waals surface area contributed by atoms with Gasteiger partial charge in [0.1, 0.15) is 23.9 Å². The maximum absolute atomic E-state index is 14.1. The largest absolute Gasteiger partial charge is 0.352 e. The van der Waals surface area contributed by atoms with Crippen LogP contribution >= 0.6 is 0 Å². The highest BCUT2D eigenvalue weighted by Crippen LogP contribution is 2.24. The highest BCUT2D eigenvalue weighted by molar-refractivity contribution is 5.95. The van der Waals surface area contributed by atoms with Gasteiger partial charge in [-0.25, -0.2) is 4.39 Å². The molecule has 0 saturated carbocycles. The third-order valence-corrected chi connectivity index (χ3v) is 7.75. The zero-order valence-corrected chi connectivity index (χ0v) is 25.3. The lowest BCUT2D eigenvalue weighted by Gasteiger charge is -2.44. The topological polar surface area (TPSA) is 98.8 Å². The van der Waals surface area contributed by atoms with Gasteiger partial charge in [-0.05, 0) is 54.3 Å². The molecule has 228 valence electrons. The van der Waals surface area contributed by atoms with Crippen LogP contribution in [-0.4, -0.2) is 70.7 Å². The number of hydrogen-bond donors (Lipinski definition) is 2. The molecule has 0 aromatic heterocycles. The van der Waals surface area contributed by atoms with Gasteiger partial charge in [-0.2, -0.15) is 0 Å². The van der Waals surface area contributed by atoms with Crippen molar-refractivity contribution in [1.82, 2.24) is 20.4 Å². The fraction of sp³-hybridized carbons (Fsp3) is 0.412. The first-order chi connectivity index (χ1) is 20.6. The van der Waals surface area contributed by atoms with Crippen molar-refractivity contribution in [3.63, 3.8) is 0 Å². The molecule has 3 aromatic rings. The number of rotatable bonds is 11. The molecule has 4 amide bonds. The highest BCUT2D eigenvalue weighted by atomic mass is 19.1. The predicted molar refractivity (Wildman–Crippen MR) is 165 cm³/mol. The molecule has 8 nitrogen and oxygen atoms in total. The maximum Gasteiger partial charge on any atom is 0.246 e. The third-order valence-electron chi connectivity index (χ3n) is 7.75. The average molecular weight is 589 g/mol. The quantitative estimate of drug-likeness (QED) is 0.354. The van der Waals surface area contributed by atoms with Gasteiger partial charge in [0.15, 0.2) is 0 Å². The zero-order valence-electron chi connectivity index (χ0n) is 25.3. The number of piperazine rings is 1. The smallest absolute Gasteiger partial charge is 0.246 e. The van der Waals surface area contributed by atoms with Gasteiger partial charge < -0.3 is 20.4 Å². The van der Waals surface area contributed by atoms with Crippen LogP contribution in [0.5, 0.6) is 0 Å². The van der Waals surface area contributed by atoms with Crippen LogP contribution in [-0.2, 0) is 32.0 Å². The van der Waals surface area contributed by atoms with Crippen LogP contribution < -0.4 is 10.6 Å². The van der Waals surface area contributed by atoms with Gasteiger partial charge in [0.25, 0.3) is 0 Å². The van der Waals surface area contributed by atoms with E-state index < -0.39 is 23.9 Å². The van der Waals surface area contributed by atoms with Crippen molar-refractivity contribution in [2.45, 2.75) is 77.5 Å². The van der Waals surface area contributed by atoms with Crippen molar-refractivity contribution >= 4 is 34.4 Å².